The molecule has 6 heteroatoms. The van der Waals surface area contributed by atoms with Crippen LogP contribution < -0.4 is 5.46 Å². The summed E-state index contributed by atoms with van der Waals surface area (Å²) in [7, 11) is 1.51. The van der Waals surface area contributed by atoms with Gasteiger partial charge in [-0.2, -0.15) is 0 Å². The van der Waals surface area contributed by atoms with Gasteiger partial charge in [-0.1, -0.05) is 23.1 Å². The van der Waals surface area contributed by atoms with Crippen molar-refractivity contribution in [2.45, 2.75) is 45.8 Å². The number of aliphatic hydroxyl groups is 1. The fourth-order valence-electron chi connectivity index (χ4n) is 1.34. The number of carbonyl (C=O) groups is 1. The Morgan fingerprint density at radius 1 is 1.33 bits per heavy atom. The van der Waals surface area contributed by atoms with Crippen LogP contribution in [-0.2, 0) is 9.39 Å². The molecule has 0 aromatic heterocycles. The normalized spacial score (nSPS) is 12.1. The van der Waals surface area contributed by atoms with Crippen LogP contribution in [0, 0.1) is 0 Å². The van der Waals surface area contributed by atoms with E-state index < -0.39 is 17.2 Å². The lowest BCUT2D eigenvalue weighted by molar-refractivity contribution is -0.0893. The van der Waals surface area contributed by atoms with Crippen molar-refractivity contribution in [3.8, 4) is 0 Å². The molecular formula is C15H21BClO4. The van der Waals surface area contributed by atoms with Crippen LogP contribution in [-0.4, -0.2) is 36.4 Å². The van der Waals surface area contributed by atoms with Crippen LogP contribution >= 0.6 is 11.6 Å². The van der Waals surface area contributed by atoms with Gasteiger partial charge < -0.3 is 14.5 Å². The molecule has 0 heterocycles. The molecule has 1 rings (SSSR count). The standard InChI is InChI=1S/C15H21BClO4/c1-6-20-13(18)11-8-7-10(9-12(11)17)16-21-15(4,5)14(2,3)19/h7-9,19H,6H2,1-5H3. The molecule has 0 spiro atoms. The second kappa shape index (κ2) is 6.82. The summed E-state index contributed by atoms with van der Waals surface area (Å²) in [5, 5.41) is 10.3. The minimum Gasteiger partial charge on any atom is -0.462 e. The lowest BCUT2D eigenvalue weighted by atomic mass is 9.82. The van der Waals surface area contributed by atoms with Gasteiger partial charge in [0.15, 0.2) is 0 Å². The molecule has 0 bridgehead atoms. The molecule has 0 fully saturated rings. The van der Waals surface area contributed by atoms with Crippen LogP contribution in [0.1, 0.15) is 45.0 Å². The molecule has 21 heavy (non-hydrogen) atoms. The quantitative estimate of drug-likeness (QED) is 0.647. The first-order chi connectivity index (χ1) is 9.58. The maximum absolute atomic E-state index is 11.6. The van der Waals surface area contributed by atoms with Crippen LogP contribution in [0.5, 0.6) is 0 Å². The fraction of sp³-hybridized carbons (Fsp3) is 0.533. The first-order valence-electron chi connectivity index (χ1n) is 6.78. The van der Waals surface area contributed by atoms with Crippen LogP contribution in [0.25, 0.3) is 0 Å². The average molecular weight is 312 g/mol. The van der Waals surface area contributed by atoms with Crippen LogP contribution in [0.15, 0.2) is 18.2 Å². The topological polar surface area (TPSA) is 55.8 Å². The van der Waals surface area contributed by atoms with E-state index in [1.807, 2.05) is 0 Å². The molecule has 0 saturated carbocycles. The van der Waals surface area contributed by atoms with E-state index in [0.717, 1.165) is 0 Å². The number of halogens is 1. The largest absolute Gasteiger partial charge is 0.462 e. The smallest absolute Gasteiger partial charge is 0.339 e. The monoisotopic (exact) mass is 311 g/mol. The summed E-state index contributed by atoms with van der Waals surface area (Å²) in [5.41, 5.74) is -0.750. The Labute approximate surface area is 131 Å². The third kappa shape index (κ3) is 4.73. The molecule has 0 unspecified atom stereocenters. The molecule has 4 nitrogen and oxygen atoms in total. The third-order valence-electron chi connectivity index (χ3n) is 3.45. The van der Waals surface area contributed by atoms with E-state index in [2.05, 4.69) is 0 Å². The summed E-state index contributed by atoms with van der Waals surface area (Å²) in [6, 6.07) is 4.92. The lowest BCUT2D eigenvalue weighted by Crippen LogP contribution is -2.49. The first kappa shape index (κ1) is 18.0. The molecule has 1 N–H and O–H groups in total. The van der Waals surface area contributed by atoms with E-state index in [1.54, 1.807) is 52.8 Å². The summed E-state index contributed by atoms with van der Waals surface area (Å²) < 4.78 is 10.5. The molecule has 0 atom stereocenters. The van der Waals surface area contributed by atoms with Gasteiger partial charge in [0.25, 0.3) is 0 Å². The van der Waals surface area contributed by atoms with E-state index in [0.29, 0.717) is 22.7 Å². The lowest BCUT2D eigenvalue weighted by Gasteiger charge is -2.37. The number of esters is 1. The second-order valence-corrected chi connectivity index (χ2v) is 6.17. The third-order valence-corrected chi connectivity index (χ3v) is 3.76. The van der Waals surface area contributed by atoms with Gasteiger partial charge in [0, 0.05) is 0 Å². The molecule has 1 radical (unpaired) electrons. The van der Waals surface area contributed by atoms with Gasteiger partial charge in [-0.05, 0) is 46.8 Å². The Hall–Kier alpha value is -1.04. The number of rotatable bonds is 6. The van der Waals surface area contributed by atoms with Gasteiger partial charge in [-0.15, -0.1) is 0 Å². The van der Waals surface area contributed by atoms with Crippen molar-refractivity contribution in [3.05, 3.63) is 28.8 Å². The zero-order chi connectivity index (χ0) is 16.3. The van der Waals surface area contributed by atoms with Crippen molar-refractivity contribution < 1.29 is 19.3 Å². The second-order valence-electron chi connectivity index (χ2n) is 5.76. The van der Waals surface area contributed by atoms with Gasteiger partial charge >= 0.3 is 13.5 Å². The van der Waals surface area contributed by atoms with Gasteiger partial charge in [-0.3, -0.25) is 0 Å². The van der Waals surface area contributed by atoms with Crippen molar-refractivity contribution in [2.24, 2.45) is 0 Å². The maximum Gasteiger partial charge on any atom is 0.339 e. The Morgan fingerprint density at radius 3 is 2.43 bits per heavy atom. The number of ether oxygens (including phenoxy) is 1. The summed E-state index contributed by atoms with van der Waals surface area (Å²) in [6.07, 6.45) is 0. The average Bonchev–Trinajstić information content (AvgIpc) is 2.35. The van der Waals surface area contributed by atoms with E-state index in [1.165, 1.54) is 7.48 Å². The van der Waals surface area contributed by atoms with Crippen molar-refractivity contribution in [2.75, 3.05) is 6.61 Å². The fourth-order valence-corrected chi connectivity index (χ4v) is 1.60. The molecule has 1 aromatic carbocycles. The van der Waals surface area contributed by atoms with Crippen LogP contribution in [0.3, 0.4) is 0 Å². The summed E-state index contributed by atoms with van der Waals surface area (Å²) in [5.74, 6) is -0.452. The van der Waals surface area contributed by atoms with E-state index in [9.17, 15) is 9.90 Å². The summed E-state index contributed by atoms with van der Waals surface area (Å²) >= 11 is 6.07. The van der Waals surface area contributed by atoms with Crippen molar-refractivity contribution in [3.63, 3.8) is 0 Å². The van der Waals surface area contributed by atoms with Gasteiger partial charge in [0.05, 0.1) is 28.4 Å². The minimum absolute atomic E-state index is 0.298. The highest BCUT2D eigenvalue weighted by Gasteiger charge is 2.35. The number of carbonyl (C=O) groups excluding carboxylic acids is 1. The zero-order valence-corrected chi connectivity index (χ0v) is 13.8. The summed E-state index contributed by atoms with van der Waals surface area (Å²) in [4.78, 5) is 11.6. The first-order valence-corrected chi connectivity index (χ1v) is 7.16. The molecule has 0 amide bonds. The number of hydrogen-bond donors (Lipinski definition) is 1. The zero-order valence-electron chi connectivity index (χ0n) is 13.1. The van der Waals surface area contributed by atoms with Gasteiger partial charge in [-0.25, -0.2) is 4.79 Å². The molecule has 0 aliphatic rings. The van der Waals surface area contributed by atoms with Crippen molar-refractivity contribution in [1.82, 2.24) is 0 Å². The Kier molecular flexibility index (Phi) is 5.85. The predicted octanol–water partition coefficient (Wildman–Crippen LogP) is 2.33. The van der Waals surface area contributed by atoms with Gasteiger partial charge in [0.1, 0.15) is 0 Å². The summed E-state index contributed by atoms with van der Waals surface area (Å²) in [6.45, 7) is 8.97. The molecule has 0 saturated heterocycles. The van der Waals surface area contributed by atoms with Crippen LogP contribution in [0.2, 0.25) is 5.02 Å². The predicted molar refractivity (Wildman–Crippen MR) is 84.3 cm³/mol. The van der Waals surface area contributed by atoms with E-state index in [4.69, 9.17) is 21.0 Å². The Balaban J connectivity index is 2.79. The number of hydrogen-bond acceptors (Lipinski definition) is 4. The Morgan fingerprint density at radius 2 is 1.95 bits per heavy atom. The highest BCUT2D eigenvalue weighted by atomic mass is 35.5. The SMILES string of the molecule is CCOC(=O)c1ccc([B]OC(C)(C)C(C)(C)O)cc1Cl. The molecule has 0 aliphatic carbocycles. The molecule has 0 aliphatic heterocycles. The molecule has 115 valence electrons. The minimum atomic E-state index is -1.00. The van der Waals surface area contributed by atoms with E-state index >= 15 is 0 Å². The molecular weight excluding hydrogens is 290 g/mol. The Bertz CT molecular complexity index is 509. The van der Waals surface area contributed by atoms with Gasteiger partial charge in [0.2, 0.25) is 0 Å². The van der Waals surface area contributed by atoms with Crippen molar-refractivity contribution >= 4 is 30.5 Å². The highest BCUT2D eigenvalue weighted by Crippen LogP contribution is 2.24. The van der Waals surface area contributed by atoms with E-state index in [-0.39, 0.29) is 0 Å². The number of benzene rings is 1. The molecule has 1 aromatic rings. The maximum atomic E-state index is 11.6. The highest BCUT2D eigenvalue weighted by molar-refractivity contribution is 6.48. The van der Waals surface area contributed by atoms with Crippen LogP contribution in [0.4, 0.5) is 0 Å². The van der Waals surface area contributed by atoms with Crippen molar-refractivity contribution in [1.29, 1.82) is 0 Å².